The van der Waals surface area contributed by atoms with Gasteiger partial charge in [-0.05, 0) is 122 Å². The number of nitrogens with zero attached hydrogens (tertiary/aromatic N) is 4. The molecule has 3 heterocycles. The second kappa shape index (κ2) is 24.0. The van der Waals surface area contributed by atoms with Crippen molar-refractivity contribution in [3.8, 4) is 0 Å². The van der Waals surface area contributed by atoms with Crippen molar-refractivity contribution in [1.82, 2.24) is 24.7 Å². The van der Waals surface area contributed by atoms with Gasteiger partial charge in [0, 0.05) is 112 Å². The Morgan fingerprint density at radius 3 is 2.19 bits per heavy atom. The maximum atomic E-state index is 14.2. The van der Waals surface area contributed by atoms with E-state index in [9.17, 15) is 34.8 Å². The predicted octanol–water partition coefficient (Wildman–Crippen LogP) is 8.11. The molecule has 3 N–H and O–H groups in total. The Morgan fingerprint density at radius 2 is 1.51 bits per heavy atom. The molecule has 1 amide bonds. The zero-order valence-electron chi connectivity index (χ0n) is 40.6. The summed E-state index contributed by atoms with van der Waals surface area (Å²) in [5.41, 5.74) is -0.959. The number of anilines is 2. The van der Waals surface area contributed by atoms with Crippen LogP contribution < -0.4 is 20.3 Å². The maximum Gasteiger partial charge on any atom is 0.501 e. The smallest absolute Gasteiger partial charge is 0.380 e. The summed E-state index contributed by atoms with van der Waals surface area (Å²) in [6.07, 6.45) is 4.80. The number of carbonyl (C=O) groups excluding carboxylic acids is 1. The van der Waals surface area contributed by atoms with E-state index in [4.69, 9.17) is 16.3 Å². The first-order valence-electron chi connectivity index (χ1n) is 24.7. The van der Waals surface area contributed by atoms with E-state index in [1.165, 1.54) is 40.6 Å². The number of thioether (sulfide) groups is 1. The lowest BCUT2D eigenvalue weighted by Crippen LogP contribution is -2.47. The number of benzene rings is 4. The number of carbonyl (C=O) groups is 1. The van der Waals surface area contributed by atoms with Crippen LogP contribution in [0.15, 0.2) is 117 Å². The molecule has 3 fully saturated rings. The van der Waals surface area contributed by atoms with E-state index in [2.05, 4.69) is 49.3 Å². The van der Waals surface area contributed by atoms with Gasteiger partial charge in [0.05, 0.1) is 23.8 Å². The van der Waals surface area contributed by atoms with E-state index in [0.717, 1.165) is 119 Å². The summed E-state index contributed by atoms with van der Waals surface area (Å²) in [4.78, 5) is 21.8. The fraction of sp³-hybridized carbons (Fsp3) is 0.481. The molecule has 20 heteroatoms. The molecule has 72 heavy (non-hydrogen) atoms. The molecule has 390 valence electrons. The number of morpholine rings is 1. The van der Waals surface area contributed by atoms with Gasteiger partial charge >= 0.3 is 5.51 Å². The first kappa shape index (κ1) is 54.1. The third-order valence-electron chi connectivity index (χ3n) is 14.3. The van der Waals surface area contributed by atoms with E-state index < -0.39 is 52.8 Å². The lowest BCUT2D eigenvalue weighted by molar-refractivity contribution is -0.0435. The van der Waals surface area contributed by atoms with Gasteiger partial charge in [-0.3, -0.25) is 14.6 Å². The Hall–Kier alpha value is -4.18. The van der Waals surface area contributed by atoms with E-state index in [0.29, 0.717) is 51.1 Å². The third kappa shape index (κ3) is 14.1. The van der Waals surface area contributed by atoms with Crippen LogP contribution in [0.3, 0.4) is 0 Å². The summed E-state index contributed by atoms with van der Waals surface area (Å²) in [5.74, 6) is -0.653. The van der Waals surface area contributed by atoms with Crippen LogP contribution >= 0.6 is 23.4 Å². The Kier molecular flexibility index (Phi) is 18.0. The van der Waals surface area contributed by atoms with E-state index in [-0.39, 0.29) is 11.0 Å². The molecule has 0 bridgehead atoms. The molecule has 2 atom stereocenters. The van der Waals surface area contributed by atoms with Crippen LogP contribution in [0.1, 0.15) is 54.9 Å². The number of rotatable bonds is 19. The van der Waals surface area contributed by atoms with Crippen LogP contribution in [0.2, 0.25) is 5.02 Å². The topological polar surface area (TPSA) is 144 Å². The van der Waals surface area contributed by atoms with Crippen molar-refractivity contribution in [3.05, 3.63) is 119 Å². The van der Waals surface area contributed by atoms with Crippen molar-refractivity contribution in [2.75, 3.05) is 114 Å². The van der Waals surface area contributed by atoms with Gasteiger partial charge in [-0.25, -0.2) is 21.6 Å². The number of hydrogen-bond acceptors (Lipinski definition) is 13. The number of allylic oxidation sites excluding steroid dienone is 1. The number of sulfone groups is 1. The highest BCUT2D eigenvalue weighted by Gasteiger charge is 2.48. The Morgan fingerprint density at radius 1 is 0.833 bits per heavy atom. The van der Waals surface area contributed by atoms with Gasteiger partial charge in [-0.15, -0.1) is 11.8 Å². The van der Waals surface area contributed by atoms with Crippen LogP contribution in [0, 0.1) is 5.41 Å². The van der Waals surface area contributed by atoms with Crippen LogP contribution in [-0.2, 0) is 24.6 Å². The number of nitrogens with one attached hydrogen (secondary N) is 3. The summed E-state index contributed by atoms with van der Waals surface area (Å²) < 4.78 is 104. The summed E-state index contributed by atoms with van der Waals surface area (Å²) >= 11 is 7.75. The number of halogens is 4. The molecule has 0 spiro atoms. The number of amides is 1. The fourth-order valence-corrected chi connectivity index (χ4v) is 13.1. The van der Waals surface area contributed by atoms with E-state index in [1.54, 1.807) is 12.1 Å². The average Bonchev–Trinajstić information content (AvgIpc) is 3.38. The van der Waals surface area contributed by atoms with Crippen molar-refractivity contribution in [2.24, 2.45) is 5.41 Å². The number of hydrogen-bond donors (Lipinski definition) is 3. The van der Waals surface area contributed by atoms with E-state index in [1.807, 2.05) is 47.2 Å². The highest BCUT2D eigenvalue weighted by Crippen LogP contribution is 2.45. The normalized spacial score (nSPS) is 20.6. The Bertz CT molecular complexity index is 2720. The molecule has 8 rings (SSSR count). The minimum Gasteiger partial charge on any atom is -0.380 e. The molecule has 3 aliphatic heterocycles. The predicted molar refractivity (Wildman–Crippen MR) is 280 cm³/mol. The molecule has 0 radical (unpaired) electrons. The third-order valence-corrected chi connectivity index (χ3v) is 18.6. The van der Waals surface area contributed by atoms with Gasteiger partial charge in [0.2, 0.25) is 0 Å². The highest BCUT2D eigenvalue weighted by molar-refractivity contribution is 7.99. The number of piperazine rings is 2. The van der Waals surface area contributed by atoms with Gasteiger partial charge < -0.3 is 25.2 Å². The molecule has 4 aromatic carbocycles. The summed E-state index contributed by atoms with van der Waals surface area (Å²) in [6.45, 7) is 14.8. The van der Waals surface area contributed by atoms with E-state index >= 15 is 0 Å². The van der Waals surface area contributed by atoms with Gasteiger partial charge in [0.15, 0.2) is 0 Å². The first-order chi connectivity index (χ1) is 34.4. The van der Waals surface area contributed by atoms with Crippen molar-refractivity contribution >= 4 is 66.1 Å². The Labute approximate surface area is 431 Å². The average molecular weight is 1070 g/mol. The lowest BCUT2D eigenvalue weighted by Gasteiger charge is -2.41. The quantitative estimate of drug-likeness (QED) is 0.0780. The molecule has 0 saturated carbocycles. The molecule has 0 aromatic heterocycles. The second-order valence-electron chi connectivity index (χ2n) is 19.5. The van der Waals surface area contributed by atoms with Crippen molar-refractivity contribution in [3.63, 3.8) is 0 Å². The molecule has 13 nitrogen and oxygen atoms in total. The number of sulfonamides is 1. The SMILES string of the molecule is CC1(CCN2CCNCC2)CCC(c2ccc(Cl)cc2)=C(CN2CCN(c3ccc(C(=O)NS(=O)(=O)c4ccc(N[C@H](CCN5CCOCC5)CSc5ccccc5)c(S(=O)(=O)C(F)(F)F)c4)cc3)CC2)C1. The van der Waals surface area contributed by atoms with Gasteiger partial charge in [0.25, 0.3) is 25.8 Å². The highest BCUT2D eigenvalue weighted by atomic mass is 35.5. The molecular formula is C52H65ClF3N7O6S3. The minimum atomic E-state index is -6.06. The van der Waals surface area contributed by atoms with Crippen LogP contribution in [-0.4, -0.2) is 153 Å². The van der Waals surface area contributed by atoms with Gasteiger partial charge in [-0.1, -0.05) is 54.4 Å². The standard InChI is InChI=1S/C52H65ClF3N7O6S3/c1-51(20-24-61-25-21-57-22-26-61)19-17-47(39-7-11-42(53)12-8-39)41(36-51)37-62-27-29-63(30-28-62)44-13-9-40(10-14-44)50(64)59-72(67,68)46-15-16-48(49(35-46)71(65,66)52(54,55)56)58-43(18-23-60-31-33-69-34-32-60)38-70-45-5-3-2-4-6-45/h2-16,35,43,57-58H,17-34,36-38H2,1H3,(H,59,64)/t43-,51?/m1/s1. The van der Waals surface area contributed by atoms with Crippen molar-refractivity contribution in [2.45, 2.75) is 65.3 Å². The van der Waals surface area contributed by atoms with Crippen molar-refractivity contribution in [1.29, 1.82) is 0 Å². The van der Waals surface area contributed by atoms with Crippen LogP contribution in [0.5, 0.6) is 0 Å². The summed E-state index contributed by atoms with van der Waals surface area (Å²) in [7, 11) is -10.9. The zero-order valence-corrected chi connectivity index (χ0v) is 43.8. The molecule has 1 aliphatic carbocycles. The number of ether oxygens (including phenoxy) is 1. The maximum absolute atomic E-state index is 14.2. The second-order valence-corrected chi connectivity index (χ2v) is 24.6. The number of alkyl halides is 3. The zero-order chi connectivity index (χ0) is 50.9. The first-order valence-corrected chi connectivity index (χ1v) is 29.0. The van der Waals surface area contributed by atoms with Crippen LogP contribution in [0.4, 0.5) is 24.5 Å². The monoisotopic (exact) mass is 1070 g/mol. The Balaban J connectivity index is 0.914. The molecule has 4 aliphatic rings. The molecular weight excluding hydrogens is 1010 g/mol. The largest absolute Gasteiger partial charge is 0.501 e. The molecule has 1 unspecified atom stereocenters. The van der Waals surface area contributed by atoms with Gasteiger partial charge in [0.1, 0.15) is 4.90 Å². The molecule has 4 aromatic rings. The van der Waals surface area contributed by atoms with Crippen molar-refractivity contribution < 1.29 is 39.5 Å². The van der Waals surface area contributed by atoms with Crippen LogP contribution in [0.25, 0.3) is 5.57 Å². The molecule has 3 saturated heterocycles. The fourth-order valence-electron chi connectivity index (χ4n) is 9.97. The van der Waals surface area contributed by atoms with Gasteiger partial charge in [-0.2, -0.15) is 13.2 Å². The lowest BCUT2D eigenvalue weighted by atomic mass is 9.69. The minimum absolute atomic E-state index is 0.000349. The summed E-state index contributed by atoms with van der Waals surface area (Å²) in [6, 6.07) is 26.0. The summed E-state index contributed by atoms with van der Waals surface area (Å²) in [5, 5.41) is 7.18.